The van der Waals surface area contributed by atoms with E-state index in [9.17, 15) is 24.0 Å². The van der Waals surface area contributed by atoms with Crippen molar-refractivity contribution in [2.75, 3.05) is 18.9 Å². The summed E-state index contributed by atoms with van der Waals surface area (Å²) in [7, 11) is 0. The average molecular weight is 690 g/mol. The van der Waals surface area contributed by atoms with Gasteiger partial charge in [0, 0.05) is 15.6 Å². The third-order valence-corrected chi connectivity index (χ3v) is 7.98. The molecule has 45 heavy (non-hydrogen) atoms. The van der Waals surface area contributed by atoms with Gasteiger partial charge in [-0.2, -0.15) is 0 Å². The van der Waals surface area contributed by atoms with Crippen LogP contribution in [0.15, 0.2) is 19.8 Å². The highest BCUT2D eigenvalue weighted by Crippen LogP contribution is 2.36. The number of nitrogens with one attached hydrogen (secondary N) is 2. The third kappa shape index (κ3) is 7.81. The minimum absolute atomic E-state index is 0.000148. The average Bonchev–Trinajstić information content (AvgIpc) is 2.96. The fourth-order valence-corrected chi connectivity index (χ4v) is 5.37. The van der Waals surface area contributed by atoms with Gasteiger partial charge < -0.3 is 30.3 Å². The van der Waals surface area contributed by atoms with E-state index in [0.717, 1.165) is 0 Å². The lowest BCUT2D eigenvalue weighted by Crippen LogP contribution is -2.43. The number of aryl methyl sites for hydroxylation is 1. The Labute approximate surface area is 270 Å². The second-order valence-electron chi connectivity index (χ2n) is 11.7. The highest BCUT2D eigenvalue weighted by Gasteiger charge is 2.33. The fourth-order valence-electron chi connectivity index (χ4n) is 4.96. The Bertz CT molecular complexity index is 1650. The first kappa shape index (κ1) is 35.5. The highest BCUT2D eigenvalue weighted by molar-refractivity contribution is 9.10. The van der Waals surface area contributed by atoms with Gasteiger partial charge in [0.1, 0.15) is 23.3 Å². The molecule has 0 saturated heterocycles. The molecule has 2 aliphatic rings. The predicted molar refractivity (Wildman–Crippen MR) is 173 cm³/mol. The Morgan fingerprint density at radius 1 is 0.911 bits per heavy atom. The molecule has 3 rings (SSSR count). The molecule has 0 aromatic heterocycles. The number of anilines is 1. The largest absolute Gasteiger partial charge is 0.464 e. The first-order valence-electron chi connectivity index (χ1n) is 14.9. The van der Waals surface area contributed by atoms with Crippen molar-refractivity contribution < 1.29 is 33.1 Å². The lowest BCUT2D eigenvalue weighted by atomic mass is 9.98. The quantitative estimate of drug-likeness (QED) is 0.137. The third-order valence-electron chi connectivity index (χ3n) is 7.15. The van der Waals surface area contributed by atoms with Crippen LogP contribution in [0.2, 0.25) is 0 Å². The summed E-state index contributed by atoms with van der Waals surface area (Å²) in [5, 5.41) is 5.40. The van der Waals surface area contributed by atoms with Crippen molar-refractivity contribution in [3.8, 4) is 11.5 Å². The summed E-state index contributed by atoms with van der Waals surface area (Å²) in [4.78, 5) is 70.7. The Morgan fingerprint density at radius 2 is 1.42 bits per heavy atom. The van der Waals surface area contributed by atoms with Gasteiger partial charge in [-0.1, -0.05) is 43.6 Å². The van der Waals surface area contributed by atoms with Gasteiger partial charge in [0.2, 0.25) is 5.43 Å². The number of aromatic nitrogens is 1. The number of rotatable bonds is 12. The standard InChI is InChI=1S/C32H41BrN4O8/c1-9-43-31(41)20(11-14(3)4)35-29(39)18-13-19(33)16(7)27-24(18)37-25-22(23(34)26(38)17(8)28(25)45-27)30(40)36-21(12-15(5)6)32(42)44-10-2/h13-15,20-21H,9-12,34H2,1-8H3,(H,35,39)(H,36,40)/t20-,21-/m0/s1. The Hall–Kier alpha value is -4.00. The van der Waals surface area contributed by atoms with Crippen LogP contribution in [0.4, 0.5) is 5.69 Å². The number of nitrogens with zero attached hydrogens (tertiary/aromatic N) is 1. The van der Waals surface area contributed by atoms with E-state index in [1.165, 1.54) is 13.0 Å². The van der Waals surface area contributed by atoms with Crippen LogP contribution in [0.1, 0.15) is 86.2 Å². The van der Waals surface area contributed by atoms with Crippen molar-refractivity contribution in [2.45, 2.75) is 80.3 Å². The number of benzene rings is 2. The SMILES string of the molecule is CCOC(=O)[C@H](CC(C)C)NC(=O)c1c2nc3c(C(=O)N[C@@H](CC(C)C)C(=O)OCC)cc(Br)c(C)c3oc-2c(C)c(=O)c1N. The first-order chi connectivity index (χ1) is 21.1. The molecule has 2 amide bonds. The monoisotopic (exact) mass is 688 g/mol. The number of hydrogen-bond acceptors (Lipinski definition) is 10. The lowest BCUT2D eigenvalue weighted by molar-refractivity contribution is -0.146. The van der Waals surface area contributed by atoms with Crippen LogP contribution in [0, 0.1) is 25.7 Å². The summed E-state index contributed by atoms with van der Waals surface area (Å²) in [6, 6.07) is -0.398. The number of nitrogen functional groups attached to an aromatic ring is 1. The number of hydrogen-bond donors (Lipinski definition) is 3. The predicted octanol–water partition coefficient (Wildman–Crippen LogP) is 4.67. The molecule has 1 heterocycles. The molecular formula is C32H41BrN4O8. The molecular weight excluding hydrogens is 648 g/mol. The van der Waals surface area contributed by atoms with Crippen molar-refractivity contribution in [2.24, 2.45) is 11.8 Å². The van der Waals surface area contributed by atoms with Gasteiger partial charge in [-0.3, -0.25) is 14.4 Å². The Morgan fingerprint density at radius 3 is 1.91 bits per heavy atom. The maximum absolute atomic E-state index is 13.7. The molecule has 0 saturated carbocycles. The van der Waals surface area contributed by atoms with Crippen LogP contribution in [0.25, 0.3) is 22.6 Å². The zero-order valence-electron chi connectivity index (χ0n) is 26.9. The number of ether oxygens (including phenoxy) is 2. The summed E-state index contributed by atoms with van der Waals surface area (Å²) in [5.41, 5.74) is 5.84. The van der Waals surface area contributed by atoms with Crippen LogP contribution in [-0.4, -0.2) is 54.0 Å². The number of carbonyl (C=O) groups is 4. The summed E-state index contributed by atoms with van der Waals surface area (Å²) >= 11 is 3.47. The van der Waals surface area contributed by atoms with Gasteiger partial charge in [0.05, 0.1) is 30.0 Å². The second kappa shape index (κ2) is 14.9. The molecule has 0 radical (unpaired) electrons. The molecule has 0 bridgehead atoms. The topological polar surface area (TPSA) is 180 Å². The van der Waals surface area contributed by atoms with Gasteiger partial charge in [0.15, 0.2) is 11.3 Å². The summed E-state index contributed by atoms with van der Waals surface area (Å²) < 4.78 is 17.1. The van der Waals surface area contributed by atoms with Crippen molar-refractivity contribution in [1.29, 1.82) is 0 Å². The van der Waals surface area contributed by atoms with Gasteiger partial charge in [0.25, 0.3) is 11.8 Å². The number of amides is 2. The molecule has 1 aliphatic heterocycles. The van der Waals surface area contributed by atoms with Gasteiger partial charge in [-0.15, -0.1) is 0 Å². The number of nitrogens with two attached hydrogens (primary N) is 1. The van der Waals surface area contributed by atoms with E-state index in [1.54, 1.807) is 20.8 Å². The van der Waals surface area contributed by atoms with Gasteiger partial charge >= 0.3 is 11.9 Å². The molecule has 12 nitrogen and oxygen atoms in total. The maximum Gasteiger partial charge on any atom is 0.328 e. The van der Waals surface area contributed by atoms with E-state index in [-0.39, 0.29) is 76.4 Å². The van der Waals surface area contributed by atoms with Crippen molar-refractivity contribution in [1.82, 2.24) is 15.6 Å². The number of halogens is 1. The van der Waals surface area contributed by atoms with E-state index in [2.05, 4.69) is 26.6 Å². The minimum atomic E-state index is -1.01. The zero-order valence-corrected chi connectivity index (χ0v) is 28.5. The molecule has 0 fully saturated rings. The number of fused-ring (bicyclic) bond motifs is 2. The van der Waals surface area contributed by atoms with Gasteiger partial charge in [-0.05, 0) is 58.4 Å². The van der Waals surface area contributed by atoms with Crippen molar-refractivity contribution in [3.05, 3.63) is 43.0 Å². The van der Waals surface area contributed by atoms with E-state index in [0.29, 0.717) is 16.5 Å². The van der Waals surface area contributed by atoms with E-state index < -0.39 is 41.3 Å². The van der Waals surface area contributed by atoms with E-state index in [1.807, 2.05) is 27.7 Å². The lowest BCUT2D eigenvalue weighted by Gasteiger charge is -2.22. The van der Waals surface area contributed by atoms with Crippen molar-refractivity contribution >= 4 is 56.5 Å². The van der Waals surface area contributed by atoms with Crippen LogP contribution in [-0.2, 0) is 19.1 Å². The summed E-state index contributed by atoms with van der Waals surface area (Å²) in [6.07, 6.45) is 0.607. The first-order valence-corrected chi connectivity index (χ1v) is 15.7. The Balaban J connectivity index is 2.27. The smallest absolute Gasteiger partial charge is 0.328 e. The number of carbonyl (C=O) groups excluding carboxylic acids is 4. The second-order valence-corrected chi connectivity index (χ2v) is 12.5. The van der Waals surface area contributed by atoms with Crippen LogP contribution in [0.3, 0.4) is 0 Å². The molecule has 1 aromatic rings. The molecule has 1 aliphatic carbocycles. The Kier molecular flexibility index (Phi) is 11.7. The molecule has 0 spiro atoms. The summed E-state index contributed by atoms with van der Waals surface area (Å²) in [6.45, 7) is 14.4. The van der Waals surface area contributed by atoms with E-state index in [4.69, 9.17) is 24.6 Å². The highest BCUT2D eigenvalue weighted by atomic mass is 79.9. The summed E-state index contributed by atoms with van der Waals surface area (Å²) in [5.74, 6) is -2.55. The molecule has 1 aromatic carbocycles. The van der Waals surface area contributed by atoms with Crippen LogP contribution >= 0.6 is 15.9 Å². The van der Waals surface area contributed by atoms with Crippen molar-refractivity contribution in [3.63, 3.8) is 0 Å². The molecule has 244 valence electrons. The maximum atomic E-state index is 13.7. The molecule has 4 N–H and O–H groups in total. The number of esters is 2. The van der Waals surface area contributed by atoms with Crippen LogP contribution in [0.5, 0.6) is 0 Å². The van der Waals surface area contributed by atoms with E-state index >= 15 is 0 Å². The normalized spacial score (nSPS) is 12.8. The fraction of sp³-hybridized carbons (Fsp3) is 0.500. The molecule has 2 atom stereocenters. The zero-order chi connectivity index (χ0) is 33.7. The van der Waals surface area contributed by atoms with Gasteiger partial charge in [-0.25, -0.2) is 14.6 Å². The molecule has 0 unspecified atom stereocenters. The minimum Gasteiger partial charge on any atom is -0.464 e. The van der Waals surface area contributed by atoms with Crippen LogP contribution < -0.4 is 21.8 Å². The molecule has 13 heteroatoms.